The molecule has 0 N–H and O–H groups in total. The molecule has 5 atom stereocenters. The summed E-state index contributed by atoms with van der Waals surface area (Å²) in [5.74, 6) is 2.15. The van der Waals surface area contributed by atoms with Crippen LogP contribution in [-0.4, -0.2) is 5.78 Å². The normalized spacial score (nSPS) is 64.6. The molecule has 0 heterocycles. The lowest BCUT2D eigenvalue weighted by Gasteiger charge is -2.54. The molecule has 5 rings (SSSR count). The van der Waals surface area contributed by atoms with E-state index >= 15 is 0 Å². The number of carbonyl (C=O) groups is 1. The molecule has 0 amide bonds. The first-order valence-electron chi connectivity index (χ1n) is 6.87. The average molecular weight is 218 g/mol. The molecule has 0 saturated heterocycles. The lowest BCUT2D eigenvalue weighted by atomic mass is 9.48. The first kappa shape index (κ1) is 9.67. The summed E-state index contributed by atoms with van der Waals surface area (Å²) in [5, 5.41) is 0. The summed E-state index contributed by atoms with van der Waals surface area (Å²) in [4.78, 5) is 12.9. The topological polar surface area (TPSA) is 17.1 Å². The van der Waals surface area contributed by atoms with Gasteiger partial charge in [-0.05, 0) is 41.9 Å². The van der Waals surface area contributed by atoms with Crippen LogP contribution in [0.2, 0.25) is 0 Å². The number of hydrogen-bond donors (Lipinski definition) is 0. The Morgan fingerprint density at radius 1 is 1.12 bits per heavy atom. The van der Waals surface area contributed by atoms with Gasteiger partial charge in [0.25, 0.3) is 0 Å². The summed E-state index contributed by atoms with van der Waals surface area (Å²) in [6, 6.07) is 0. The Morgan fingerprint density at radius 2 is 1.81 bits per heavy atom. The van der Waals surface area contributed by atoms with Crippen molar-refractivity contribution in [2.45, 2.75) is 53.4 Å². The molecular formula is C15H22O. The molecule has 0 aromatic heterocycles. The van der Waals surface area contributed by atoms with Crippen molar-refractivity contribution in [2.75, 3.05) is 0 Å². The van der Waals surface area contributed by atoms with Gasteiger partial charge in [-0.25, -0.2) is 0 Å². The smallest absolute Gasteiger partial charge is 0.146 e. The fourth-order valence-electron chi connectivity index (χ4n) is 6.82. The molecule has 4 bridgehead atoms. The summed E-state index contributed by atoms with van der Waals surface area (Å²) in [6.07, 6.45) is 5.11. The number of Topliss-reactive ketones (excluding diaryl/α,β-unsaturated/α-hetero) is 1. The lowest BCUT2D eigenvalue weighted by molar-refractivity contribution is -0.145. The predicted octanol–water partition coefficient (Wildman–Crippen LogP) is 3.43. The van der Waals surface area contributed by atoms with Crippen molar-refractivity contribution >= 4 is 5.78 Å². The van der Waals surface area contributed by atoms with Crippen LogP contribution < -0.4 is 0 Å². The zero-order valence-electron chi connectivity index (χ0n) is 10.9. The Bertz CT molecular complexity index is 423. The van der Waals surface area contributed by atoms with Crippen molar-refractivity contribution in [3.05, 3.63) is 0 Å². The third kappa shape index (κ3) is 0.559. The second-order valence-electron chi connectivity index (χ2n) is 7.96. The van der Waals surface area contributed by atoms with Crippen molar-refractivity contribution in [3.8, 4) is 0 Å². The van der Waals surface area contributed by atoms with Gasteiger partial charge in [0.2, 0.25) is 0 Å². The third-order valence-corrected chi connectivity index (χ3v) is 7.43. The van der Waals surface area contributed by atoms with E-state index in [1.165, 1.54) is 25.7 Å². The Kier molecular flexibility index (Phi) is 1.23. The highest BCUT2D eigenvalue weighted by Gasteiger charge is 2.93. The largest absolute Gasteiger partial charge is 0.298 e. The molecular weight excluding hydrogens is 196 g/mol. The molecule has 1 nitrogen and oxygen atoms in total. The predicted molar refractivity (Wildman–Crippen MR) is 62.9 cm³/mol. The van der Waals surface area contributed by atoms with Gasteiger partial charge in [0.05, 0.1) is 0 Å². The van der Waals surface area contributed by atoms with E-state index in [2.05, 4.69) is 27.7 Å². The molecule has 5 fully saturated rings. The highest BCUT2D eigenvalue weighted by molar-refractivity contribution is 6.01. The number of ketones is 1. The van der Waals surface area contributed by atoms with Crippen LogP contribution in [0, 0.1) is 33.5 Å². The lowest BCUT2D eigenvalue weighted by Crippen LogP contribution is -2.52. The van der Waals surface area contributed by atoms with Crippen LogP contribution in [0.4, 0.5) is 0 Å². The molecule has 0 radical (unpaired) electrons. The Hall–Kier alpha value is -0.330. The van der Waals surface area contributed by atoms with Gasteiger partial charge in [-0.1, -0.05) is 34.1 Å². The van der Waals surface area contributed by atoms with E-state index < -0.39 is 0 Å². The molecule has 0 unspecified atom stereocenters. The summed E-state index contributed by atoms with van der Waals surface area (Å²) in [7, 11) is 0. The summed E-state index contributed by atoms with van der Waals surface area (Å²) in [5.41, 5.74) is 0.766. The maximum Gasteiger partial charge on any atom is 0.146 e. The van der Waals surface area contributed by atoms with Gasteiger partial charge in [-0.3, -0.25) is 4.79 Å². The highest BCUT2D eigenvalue weighted by Crippen LogP contribution is 2.92. The standard InChI is InChI=1S/C15H22O/c1-12(2)6-5-7-13(3)10-9-8-15(12,13)11(16)14(9,10)4/h9-10H,5-8H2,1-4H3/t9-,10-,13-,14+,15-/m1/s1. The van der Waals surface area contributed by atoms with E-state index in [0.717, 1.165) is 11.8 Å². The van der Waals surface area contributed by atoms with Crippen molar-refractivity contribution in [3.63, 3.8) is 0 Å². The second-order valence-corrected chi connectivity index (χ2v) is 7.96. The van der Waals surface area contributed by atoms with E-state index in [0.29, 0.717) is 11.2 Å². The van der Waals surface area contributed by atoms with Crippen molar-refractivity contribution in [2.24, 2.45) is 33.5 Å². The molecule has 0 aromatic carbocycles. The monoisotopic (exact) mass is 218 g/mol. The first-order valence-corrected chi connectivity index (χ1v) is 6.87. The molecule has 5 saturated carbocycles. The van der Waals surface area contributed by atoms with Gasteiger partial charge in [-0.15, -0.1) is 0 Å². The van der Waals surface area contributed by atoms with Crippen LogP contribution in [0.3, 0.4) is 0 Å². The van der Waals surface area contributed by atoms with Gasteiger partial charge < -0.3 is 0 Å². The Morgan fingerprint density at radius 3 is 2.31 bits per heavy atom. The van der Waals surface area contributed by atoms with Gasteiger partial charge in [-0.2, -0.15) is 0 Å². The van der Waals surface area contributed by atoms with E-state index in [-0.39, 0.29) is 16.2 Å². The maximum atomic E-state index is 12.9. The molecule has 1 spiro atoms. The number of rotatable bonds is 0. The molecule has 5 aliphatic carbocycles. The van der Waals surface area contributed by atoms with E-state index in [9.17, 15) is 4.79 Å². The Labute approximate surface area is 98.0 Å². The SMILES string of the molecule is CC1(C)CCC[C@]2(C)[C@H]3[C@H]4C[C@@]12C(=O)[C@@]43C. The fourth-order valence-corrected chi connectivity index (χ4v) is 6.82. The van der Waals surface area contributed by atoms with Crippen LogP contribution in [0.15, 0.2) is 0 Å². The first-order chi connectivity index (χ1) is 7.32. The quantitative estimate of drug-likeness (QED) is 0.609. The van der Waals surface area contributed by atoms with Gasteiger partial charge in [0.1, 0.15) is 5.78 Å². The zero-order valence-corrected chi connectivity index (χ0v) is 10.9. The van der Waals surface area contributed by atoms with E-state index in [1.807, 2.05) is 0 Å². The third-order valence-electron chi connectivity index (χ3n) is 7.43. The molecule has 0 aliphatic heterocycles. The van der Waals surface area contributed by atoms with Gasteiger partial charge >= 0.3 is 0 Å². The summed E-state index contributed by atoms with van der Waals surface area (Å²) < 4.78 is 0. The Balaban J connectivity index is 2.00. The van der Waals surface area contributed by atoms with Crippen LogP contribution in [0.1, 0.15) is 53.4 Å². The summed E-state index contributed by atoms with van der Waals surface area (Å²) in [6.45, 7) is 9.42. The average Bonchev–Trinajstić information content (AvgIpc) is 2.45. The minimum absolute atomic E-state index is 0.0579. The molecule has 16 heavy (non-hydrogen) atoms. The van der Waals surface area contributed by atoms with Crippen LogP contribution in [0.5, 0.6) is 0 Å². The van der Waals surface area contributed by atoms with E-state index in [4.69, 9.17) is 0 Å². The minimum Gasteiger partial charge on any atom is -0.298 e. The minimum atomic E-state index is 0.0579. The second kappa shape index (κ2) is 2.04. The van der Waals surface area contributed by atoms with Crippen LogP contribution in [-0.2, 0) is 4.79 Å². The van der Waals surface area contributed by atoms with Crippen LogP contribution >= 0.6 is 0 Å². The maximum absolute atomic E-state index is 12.9. The molecule has 0 aromatic rings. The van der Waals surface area contributed by atoms with Crippen molar-refractivity contribution in [1.29, 1.82) is 0 Å². The molecule has 5 aliphatic rings. The zero-order chi connectivity index (χ0) is 11.6. The van der Waals surface area contributed by atoms with Gasteiger partial charge in [0, 0.05) is 10.8 Å². The number of hydrogen-bond acceptors (Lipinski definition) is 1. The molecule has 88 valence electrons. The highest BCUT2D eigenvalue weighted by atomic mass is 16.1. The fraction of sp³-hybridized carbons (Fsp3) is 0.933. The van der Waals surface area contributed by atoms with E-state index in [1.54, 1.807) is 0 Å². The molecule has 1 heteroatoms. The van der Waals surface area contributed by atoms with Crippen molar-refractivity contribution in [1.82, 2.24) is 0 Å². The van der Waals surface area contributed by atoms with Crippen molar-refractivity contribution < 1.29 is 4.79 Å². The summed E-state index contributed by atoms with van der Waals surface area (Å²) >= 11 is 0. The van der Waals surface area contributed by atoms with Gasteiger partial charge in [0.15, 0.2) is 0 Å². The number of carbonyl (C=O) groups excluding carboxylic acids is 1. The van der Waals surface area contributed by atoms with Crippen LogP contribution in [0.25, 0.3) is 0 Å².